The van der Waals surface area contributed by atoms with Gasteiger partial charge < -0.3 is 5.73 Å². The number of benzene rings is 1. The molecule has 1 aromatic carbocycles. The van der Waals surface area contributed by atoms with E-state index in [1.807, 2.05) is 6.92 Å². The molecular formula is C15H19F4N. The van der Waals surface area contributed by atoms with Gasteiger partial charge in [-0.1, -0.05) is 6.07 Å². The average Bonchev–Trinajstić information content (AvgIpc) is 2.33. The van der Waals surface area contributed by atoms with Crippen molar-refractivity contribution >= 4 is 0 Å². The van der Waals surface area contributed by atoms with Crippen molar-refractivity contribution in [1.82, 2.24) is 0 Å². The lowest BCUT2D eigenvalue weighted by molar-refractivity contribution is -0.184. The van der Waals surface area contributed by atoms with Gasteiger partial charge in [0.15, 0.2) is 0 Å². The molecule has 0 heterocycles. The maximum Gasteiger partial charge on any atom is 0.391 e. The quantitative estimate of drug-likeness (QED) is 0.814. The van der Waals surface area contributed by atoms with Crippen LogP contribution in [0.25, 0.3) is 0 Å². The lowest BCUT2D eigenvalue weighted by Gasteiger charge is -2.38. The van der Waals surface area contributed by atoms with E-state index in [0.29, 0.717) is 19.3 Å². The molecule has 0 radical (unpaired) electrons. The van der Waals surface area contributed by atoms with E-state index in [2.05, 4.69) is 0 Å². The van der Waals surface area contributed by atoms with Gasteiger partial charge in [-0.15, -0.1) is 0 Å². The number of halogens is 4. The summed E-state index contributed by atoms with van der Waals surface area (Å²) in [6, 6.07) is 4.48. The molecule has 1 saturated carbocycles. The lowest BCUT2D eigenvalue weighted by atomic mass is 9.73. The van der Waals surface area contributed by atoms with Gasteiger partial charge in [0.1, 0.15) is 5.82 Å². The Morgan fingerprint density at radius 1 is 1.25 bits per heavy atom. The minimum Gasteiger partial charge on any atom is -0.325 e. The predicted octanol–water partition coefficient (Wildman–Crippen LogP) is 4.13. The van der Waals surface area contributed by atoms with Crippen molar-refractivity contribution in [3.8, 4) is 0 Å². The SMILES string of the molecule is Cc1ccc(F)cc1CC1(N)CCC(C(F)(F)F)CC1. The Morgan fingerprint density at radius 2 is 1.85 bits per heavy atom. The molecule has 2 N–H and O–H groups in total. The van der Waals surface area contributed by atoms with Gasteiger partial charge in [-0.05, 0) is 62.3 Å². The van der Waals surface area contributed by atoms with Crippen LogP contribution in [0.2, 0.25) is 0 Å². The first-order valence-electron chi connectivity index (χ1n) is 6.80. The third kappa shape index (κ3) is 3.51. The molecule has 20 heavy (non-hydrogen) atoms. The van der Waals surface area contributed by atoms with E-state index >= 15 is 0 Å². The number of hydrogen-bond acceptors (Lipinski definition) is 1. The summed E-state index contributed by atoms with van der Waals surface area (Å²) in [6.45, 7) is 1.86. The summed E-state index contributed by atoms with van der Waals surface area (Å²) in [5.74, 6) is -1.58. The Morgan fingerprint density at radius 3 is 2.40 bits per heavy atom. The second-order valence-corrected chi connectivity index (χ2v) is 5.93. The Balaban J connectivity index is 2.05. The van der Waals surface area contributed by atoms with Crippen LogP contribution in [0.3, 0.4) is 0 Å². The summed E-state index contributed by atoms with van der Waals surface area (Å²) in [7, 11) is 0. The summed E-state index contributed by atoms with van der Waals surface area (Å²) in [5.41, 5.74) is 7.29. The van der Waals surface area contributed by atoms with Crippen molar-refractivity contribution < 1.29 is 17.6 Å². The smallest absolute Gasteiger partial charge is 0.325 e. The molecule has 1 fully saturated rings. The van der Waals surface area contributed by atoms with Gasteiger partial charge >= 0.3 is 6.18 Å². The largest absolute Gasteiger partial charge is 0.391 e. The van der Waals surface area contributed by atoms with Gasteiger partial charge in [0.25, 0.3) is 0 Å². The third-order valence-electron chi connectivity index (χ3n) is 4.30. The molecule has 0 atom stereocenters. The topological polar surface area (TPSA) is 26.0 Å². The van der Waals surface area contributed by atoms with E-state index in [9.17, 15) is 17.6 Å². The Labute approximate surface area is 116 Å². The molecule has 0 bridgehead atoms. The van der Waals surface area contributed by atoms with E-state index in [1.165, 1.54) is 12.1 Å². The summed E-state index contributed by atoms with van der Waals surface area (Å²) in [6.07, 6.45) is -2.92. The van der Waals surface area contributed by atoms with Crippen LogP contribution in [0, 0.1) is 18.7 Å². The van der Waals surface area contributed by atoms with Crippen LogP contribution in [0.4, 0.5) is 17.6 Å². The number of nitrogens with two attached hydrogens (primary N) is 1. The Hall–Kier alpha value is -1.10. The molecule has 0 aromatic heterocycles. The van der Waals surface area contributed by atoms with Gasteiger partial charge in [0, 0.05) is 5.54 Å². The van der Waals surface area contributed by atoms with Crippen molar-refractivity contribution in [3.05, 3.63) is 35.1 Å². The van der Waals surface area contributed by atoms with Crippen molar-refractivity contribution in [3.63, 3.8) is 0 Å². The van der Waals surface area contributed by atoms with E-state index in [4.69, 9.17) is 5.73 Å². The zero-order valence-electron chi connectivity index (χ0n) is 11.4. The van der Waals surface area contributed by atoms with Crippen LogP contribution in [0.15, 0.2) is 18.2 Å². The average molecular weight is 289 g/mol. The summed E-state index contributed by atoms with van der Waals surface area (Å²) in [5, 5.41) is 0. The maximum absolute atomic E-state index is 13.3. The van der Waals surface area contributed by atoms with E-state index < -0.39 is 17.6 Å². The number of aryl methyl sites for hydroxylation is 1. The Bertz CT molecular complexity index is 473. The highest BCUT2D eigenvalue weighted by Crippen LogP contribution is 2.41. The molecule has 0 spiro atoms. The highest BCUT2D eigenvalue weighted by Gasteiger charge is 2.44. The molecule has 2 rings (SSSR count). The predicted molar refractivity (Wildman–Crippen MR) is 69.8 cm³/mol. The minimum absolute atomic E-state index is 0.0639. The van der Waals surface area contributed by atoms with Crippen LogP contribution in [-0.2, 0) is 6.42 Å². The summed E-state index contributed by atoms with van der Waals surface area (Å²) in [4.78, 5) is 0. The first-order chi connectivity index (χ1) is 9.20. The highest BCUT2D eigenvalue weighted by molar-refractivity contribution is 5.28. The van der Waals surface area contributed by atoms with Gasteiger partial charge in [0.05, 0.1) is 5.92 Å². The Kier molecular flexibility index (Phi) is 4.09. The highest BCUT2D eigenvalue weighted by atomic mass is 19.4. The monoisotopic (exact) mass is 289 g/mol. The zero-order chi connectivity index (χ0) is 15.0. The fourth-order valence-electron chi connectivity index (χ4n) is 2.91. The molecule has 1 aromatic rings. The number of alkyl halides is 3. The molecule has 0 saturated heterocycles. The lowest BCUT2D eigenvalue weighted by Crippen LogP contribution is -2.47. The van der Waals surface area contributed by atoms with Gasteiger partial charge in [-0.2, -0.15) is 13.2 Å². The molecule has 0 aliphatic heterocycles. The van der Waals surface area contributed by atoms with Crippen LogP contribution < -0.4 is 5.73 Å². The van der Waals surface area contributed by atoms with Crippen LogP contribution in [-0.4, -0.2) is 11.7 Å². The van der Waals surface area contributed by atoms with Crippen LogP contribution >= 0.6 is 0 Å². The summed E-state index contributed by atoms with van der Waals surface area (Å²) >= 11 is 0. The van der Waals surface area contributed by atoms with Crippen LogP contribution in [0.5, 0.6) is 0 Å². The molecule has 0 amide bonds. The first kappa shape index (κ1) is 15.3. The molecule has 112 valence electrons. The van der Waals surface area contributed by atoms with Crippen molar-refractivity contribution in [2.24, 2.45) is 11.7 Å². The second-order valence-electron chi connectivity index (χ2n) is 5.93. The number of rotatable bonds is 2. The fraction of sp³-hybridized carbons (Fsp3) is 0.600. The molecule has 1 aliphatic carbocycles. The first-order valence-corrected chi connectivity index (χ1v) is 6.80. The second kappa shape index (κ2) is 5.35. The van der Waals surface area contributed by atoms with Crippen molar-refractivity contribution in [1.29, 1.82) is 0 Å². The molecule has 0 unspecified atom stereocenters. The summed E-state index contributed by atoms with van der Waals surface area (Å²) < 4.78 is 51.2. The van der Waals surface area contributed by atoms with E-state index in [1.54, 1.807) is 6.07 Å². The van der Waals surface area contributed by atoms with Crippen molar-refractivity contribution in [2.45, 2.75) is 50.7 Å². The third-order valence-corrected chi connectivity index (χ3v) is 4.30. The van der Waals surface area contributed by atoms with Gasteiger partial charge in [-0.25, -0.2) is 4.39 Å². The fourth-order valence-corrected chi connectivity index (χ4v) is 2.91. The van der Waals surface area contributed by atoms with Crippen molar-refractivity contribution in [2.75, 3.05) is 0 Å². The molecule has 5 heteroatoms. The van der Waals surface area contributed by atoms with Crippen LogP contribution in [0.1, 0.15) is 36.8 Å². The standard InChI is InChI=1S/C15H19F4N/c1-10-2-3-13(16)8-11(10)9-14(20)6-4-12(5-7-14)15(17,18)19/h2-3,8,12H,4-7,9,20H2,1H3. The minimum atomic E-state index is -4.13. The molecular weight excluding hydrogens is 270 g/mol. The molecule has 1 aliphatic rings. The van der Waals surface area contributed by atoms with E-state index in [-0.39, 0.29) is 18.7 Å². The normalized spacial score (nSPS) is 27.6. The number of hydrogen-bond donors (Lipinski definition) is 1. The maximum atomic E-state index is 13.3. The van der Waals surface area contributed by atoms with E-state index in [0.717, 1.165) is 11.1 Å². The van der Waals surface area contributed by atoms with Gasteiger partial charge in [0.2, 0.25) is 0 Å². The van der Waals surface area contributed by atoms with Gasteiger partial charge in [-0.3, -0.25) is 0 Å². The molecule has 1 nitrogen and oxygen atoms in total. The zero-order valence-corrected chi connectivity index (χ0v) is 11.4.